The largest absolute Gasteiger partial charge is 0.467 e. The number of benzene rings is 2. The van der Waals surface area contributed by atoms with Gasteiger partial charge in [0.05, 0.1) is 30.1 Å². The molecule has 0 saturated carbocycles. The standard InChI is InChI=1S/C20H18F5N3O2S/c1-30-18(29)19(10-17(21)22,12-6-8-13(9-7-12)20(23,24)25)28-16-5-3-4-15(27-31-2)14(16)11-26-28/h3-9,11,17,27H,10H2,1-2H3. The van der Waals surface area contributed by atoms with Crippen LogP contribution in [-0.2, 0) is 21.2 Å². The summed E-state index contributed by atoms with van der Waals surface area (Å²) in [5, 5.41) is 4.74. The van der Waals surface area contributed by atoms with E-state index < -0.39 is 36.1 Å². The zero-order chi connectivity index (χ0) is 22.8. The van der Waals surface area contributed by atoms with E-state index in [0.717, 1.165) is 36.1 Å². The third-order valence-corrected chi connectivity index (χ3v) is 5.27. The Morgan fingerprint density at radius 2 is 1.81 bits per heavy atom. The molecule has 3 rings (SSSR count). The summed E-state index contributed by atoms with van der Waals surface area (Å²) in [6.07, 6.45) is -5.44. The predicted molar refractivity (Wildman–Crippen MR) is 108 cm³/mol. The summed E-state index contributed by atoms with van der Waals surface area (Å²) in [5.41, 5.74) is -2.26. The zero-order valence-corrected chi connectivity index (χ0v) is 17.2. The molecular weight excluding hydrogens is 441 g/mol. The van der Waals surface area contributed by atoms with Crippen molar-refractivity contribution in [3.63, 3.8) is 0 Å². The fourth-order valence-electron chi connectivity index (χ4n) is 3.50. The number of hydrogen-bond donors (Lipinski definition) is 1. The molecular formula is C20H18F5N3O2S. The van der Waals surface area contributed by atoms with Gasteiger partial charge in [-0.15, -0.1) is 0 Å². The van der Waals surface area contributed by atoms with Crippen LogP contribution in [0.5, 0.6) is 0 Å². The van der Waals surface area contributed by atoms with Gasteiger partial charge in [0, 0.05) is 18.1 Å². The van der Waals surface area contributed by atoms with Gasteiger partial charge in [-0.05, 0) is 29.8 Å². The average molecular weight is 459 g/mol. The van der Waals surface area contributed by atoms with Gasteiger partial charge >= 0.3 is 12.1 Å². The number of nitrogens with one attached hydrogen (secondary N) is 1. The lowest BCUT2D eigenvalue weighted by atomic mass is 9.85. The summed E-state index contributed by atoms with van der Waals surface area (Å²) in [6.45, 7) is 0. The number of carbonyl (C=O) groups excluding carboxylic acids is 1. The van der Waals surface area contributed by atoms with E-state index in [1.165, 1.54) is 18.1 Å². The van der Waals surface area contributed by atoms with E-state index in [1.54, 1.807) is 24.5 Å². The van der Waals surface area contributed by atoms with Gasteiger partial charge in [-0.1, -0.05) is 30.1 Å². The molecule has 1 aromatic heterocycles. The van der Waals surface area contributed by atoms with Crippen LogP contribution in [0.3, 0.4) is 0 Å². The van der Waals surface area contributed by atoms with Gasteiger partial charge in [0.1, 0.15) is 0 Å². The third kappa shape index (κ3) is 4.18. The van der Waals surface area contributed by atoms with E-state index in [4.69, 9.17) is 4.74 Å². The van der Waals surface area contributed by atoms with Crippen LogP contribution in [0.25, 0.3) is 10.9 Å². The smallest absolute Gasteiger partial charge is 0.416 e. The maximum Gasteiger partial charge on any atom is 0.416 e. The first kappa shape index (κ1) is 22.9. The highest BCUT2D eigenvalue weighted by atomic mass is 32.2. The SMILES string of the molecule is COC(=O)C(CC(F)F)(c1ccc(C(F)(F)F)cc1)n1ncc2c(NSC)cccc21. The molecule has 0 saturated heterocycles. The van der Waals surface area contributed by atoms with Crippen LogP contribution >= 0.6 is 11.9 Å². The van der Waals surface area contributed by atoms with Gasteiger partial charge in [0.15, 0.2) is 5.54 Å². The van der Waals surface area contributed by atoms with E-state index in [-0.39, 0.29) is 5.56 Å². The minimum atomic E-state index is -4.62. The number of hydrogen-bond acceptors (Lipinski definition) is 5. The van der Waals surface area contributed by atoms with Crippen LogP contribution in [0.1, 0.15) is 17.5 Å². The van der Waals surface area contributed by atoms with E-state index in [0.29, 0.717) is 16.6 Å². The first-order valence-electron chi connectivity index (χ1n) is 8.95. The van der Waals surface area contributed by atoms with Crippen molar-refractivity contribution in [1.29, 1.82) is 0 Å². The number of nitrogens with zero attached hydrogens (tertiary/aromatic N) is 2. The highest BCUT2D eigenvalue weighted by Gasteiger charge is 2.48. The van der Waals surface area contributed by atoms with Crippen LogP contribution in [0, 0.1) is 0 Å². The lowest BCUT2D eigenvalue weighted by Crippen LogP contribution is -2.46. The lowest BCUT2D eigenvalue weighted by Gasteiger charge is -2.32. The van der Waals surface area contributed by atoms with Crippen molar-refractivity contribution in [3.05, 3.63) is 59.8 Å². The molecule has 11 heteroatoms. The summed E-state index contributed by atoms with van der Waals surface area (Å²) >= 11 is 1.30. The van der Waals surface area contributed by atoms with Crippen molar-refractivity contribution in [2.75, 3.05) is 18.1 Å². The van der Waals surface area contributed by atoms with Crippen molar-refractivity contribution >= 4 is 34.5 Å². The zero-order valence-electron chi connectivity index (χ0n) is 16.4. The number of ether oxygens (including phenoxy) is 1. The summed E-state index contributed by atoms with van der Waals surface area (Å²) in [7, 11) is 1.03. The first-order chi connectivity index (χ1) is 14.6. The predicted octanol–water partition coefficient (Wildman–Crippen LogP) is 5.32. The quantitative estimate of drug-likeness (QED) is 0.295. The second-order valence-electron chi connectivity index (χ2n) is 6.62. The molecule has 5 nitrogen and oxygen atoms in total. The number of methoxy groups -OCH3 is 1. The number of carbonyl (C=O) groups is 1. The monoisotopic (exact) mass is 459 g/mol. The Balaban J connectivity index is 2.30. The van der Waals surface area contributed by atoms with Crippen molar-refractivity contribution in [3.8, 4) is 0 Å². The number of aromatic nitrogens is 2. The van der Waals surface area contributed by atoms with Crippen molar-refractivity contribution in [1.82, 2.24) is 9.78 Å². The van der Waals surface area contributed by atoms with Gasteiger partial charge in [-0.2, -0.15) is 18.3 Å². The molecule has 1 atom stereocenters. The average Bonchev–Trinajstić information content (AvgIpc) is 3.16. The van der Waals surface area contributed by atoms with Crippen molar-refractivity contribution in [2.45, 2.75) is 24.6 Å². The second kappa shape index (κ2) is 8.74. The Hall–Kier alpha value is -2.82. The molecule has 0 aliphatic carbocycles. The Morgan fingerprint density at radius 1 is 1.16 bits per heavy atom. The van der Waals surface area contributed by atoms with Crippen LogP contribution in [0.15, 0.2) is 48.7 Å². The van der Waals surface area contributed by atoms with Gasteiger partial charge in [0.25, 0.3) is 0 Å². The fourth-order valence-corrected chi connectivity index (χ4v) is 3.89. The first-order valence-corrected chi connectivity index (χ1v) is 10.2. The molecule has 1 unspecified atom stereocenters. The Kier molecular flexibility index (Phi) is 6.44. The molecule has 2 aromatic carbocycles. The highest BCUT2D eigenvalue weighted by molar-refractivity contribution is 7.99. The molecule has 3 aromatic rings. The fraction of sp³-hybridized carbons (Fsp3) is 0.300. The number of anilines is 1. The Labute approximate surface area is 178 Å². The molecule has 0 bridgehead atoms. The van der Waals surface area contributed by atoms with E-state index in [9.17, 15) is 26.7 Å². The molecule has 0 spiro atoms. The summed E-state index contributed by atoms with van der Waals surface area (Å²) in [5.74, 6) is -1.07. The van der Waals surface area contributed by atoms with Gasteiger partial charge in [-0.3, -0.25) is 0 Å². The van der Waals surface area contributed by atoms with Gasteiger partial charge < -0.3 is 9.46 Å². The number of alkyl halides is 5. The molecule has 1 N–H and O–H groups in total. The second-order valence-corrected chi connectivity index (χ2v) is 7.24. The topological polar surface area (TPSA) is 56.2 Å². The maximum absolute atomic E-state index is 13.7. The summed E-state index contributed by atoms with van der Waals surface area (Å²) in [4.78, 5) is 12.9. The normalized spacial score (nSPS) is 13.9. The molecule has 0 amide bonds. The number of halogens is 5. The van der Waals surface area contributed by atoms with E-state index in [2.05, 4.69) is 9.82 Å². The molecule has 1 heterocycles. The number of rotatable bonds is 7. The Morgan fingerprint density at radius 3 is 2.35 bits per heavy atom. The van der Waals surface area contributed by atoms with Crippen molar-refractivity contribution < 1.29 is 31.5 Å². The molecule has 0 radical (unpaired) electrons. The molecule has 166 valence electrons. The van der Waals surface area contributed by atoms with Crippen LogP contribution in [0.4, 0.5) is 27.6 Å². The third-order valence-electron chi connectivity index (χ3n) is 4.85. The molecule has 0 fully saturated rings. The van der Waals surface area contributed by atoms with E-state index in [1.807, 2.05) is 0 Å². The van der Waals surface area contributed by atoms with Gasteiger partial charge in [-0.25, -0.2) is 18.3 Å². The van der Waals surface area contributed by atoms with Crippen LogP contribution < -0.4 is 4.72 Å². The lowest BCUT2D eigenvalue weighted by molar-refractivity contribution is -0.151. The van der Waals surface area contributed by atoms with Crippen LogP contribution in [0.2, 0.25) is 0 Å². The minimum absolute atomic E-state index is 0.0964. The van der Waals surface area contributed by atoms with Crippen molar-refractivity contribution in [2.24, 2.45) is 0 Å². The van der Waals surface area contributed by atoms with Gasteiger partial charge in [0.2, 0.25) is 6.43 Å². The number of fused-ring (bicyclic) bond motifs is 1. The number of esters is 1. The molecule has 0 aliphatic rings. The highest BCUT2D eigenvalue weighted by Crippen LogP contribution is 2.39. The van der Waals surface area contributed by atoms with Crippen LogP contribution in [-0.4, -0.2) is 35.5 Å². The maximum atomic E-state index is 13.7. The minimum Gasteiger partial charge on any atom is -0.467 e. The molecule has 0 aliphatic heterocycles. The van der Waals surface area contributed by atoms with E-state index >= 15 is 0 Å². The summed E-state index contributed by atoms with van der Waals surface area (Å²) in [6, 6.07) is 8.46. The Bertz CT molecular complexity index is 1070. The summed E-state index contributed by atoms with van der Waals surface area (Å²) < 4.78 is 75.5. The molecule has 31 heavy (non-hydrogen) atoms.